The summed E-state index contributed by atoms with van der Waals surface area (Å²) in [5.41, 5.74) is 2.40. The summed E-state index contributed by atoms with van der Waals surface area (Å²) in [4.78, 5) is 7.58. The van der Waals surface area contributed by atoms with Crippen LogP contribution in [0.1, 0.15) is 5.56 Å². The van der Waals surface area contributed by atoms with Crippen molar-refractivity contribution < 1.29 is 0 Å². The zero-order chi connectivity index (χ0) is 12.4. The van der Waals surface area contributed by atoms with E-state index in [2.05, 4.69) is 56.2 Å². The minimum absolute atomic E-state index is 0.916. The highest BCUT2D eigenvalue weighted by Crippen LogP contribution is 2.26. The van der Waals surface area contributed by atoms with E-state index in [1.165, 1.54) is 21.5 Å². The van der Waals surface area contributed by atoms with Crippen molar-refractivity contribution in [3.05, 3.63) is 58.8 Å². The average Bonchev–Trinajstić information content (AvgIpc) is 2.79. The number of fused-ring (bicyclic) bond motifs is 1. The van der Waals surface area contributed by atoms with Crippen LogP contribution in [0, 0.1) is 0 Å². The molecule has 2 heterocycles. The first kappa shape index (κ1) is 11.8. The SMILES string of the molecule is Brc1cncc(CSc2cc3ccccc3[nH]2)c1. The highest BCUT2D eigenvalue weighted by Gasteiger charge is 2.02. The Bertz CT molecular complexity index is 645. The molecule has 0 unspecified atom stereocenters. The van der Waals surface area contributed by atoms with Gasteiger partial charge in [-0.3, -0.25) is 4.98 Å². The van der Waals surface area contributed by atoms with Crippen molar-refractivity contribution in [3.63, 3.8) is 0 Å². The molecule has 3 aromatic rings. The lowest BCUT2D eigenvalue weighted by molar-refractivity contribution is 1.21. The number of nitrogens with one attached hydrogen (secondary N) is 1. The maximum atomic E-state index is 4.17. The summed E-state index contributed by atoms with van der Waals surface area (Å²) in [6, 6.07) is 12.6. The number of hydrogen-bond donors (Lipinski definition) is 1. The van der Waals surface area contributed by atoms with Gasteiger partial charge in [-0.15, -0.1) is 11.8 Å². The van der Waals surface area contributed by atoms with Crippen LogP contribution in [0.2, 0.25) is 0 Å². The summed E-state index contributed by atoms with van der Waals surface area (Å²) >= 11 is 5.23. The number of hydrogen-bond acceptors (Lipinski definition) is 2. The van der Waals surface area contributed by atoms with E-state index in [4.69, 9.17) is 0 Å². The van der Waals surface area contributed by atoms with Crippen LogP contribution in [0.4, 0.5) is 0 Å². The highest BCUT2D eigenvalue weighted by atomic mass is 79.9. The summed E-state index contributed by atoms with van der Waals surface area (Å²) in [5.74, 6) is 0.916. The van der Waals surface area contributed by atoms with Crippen LogP contribution >= 0.6 is 27.7 Å². The summed E-state index contributed by atoms with van der Waals surface area (Å²) in [7, 11) is 0. The molecule has 0 atom stereocenters. The molecule has 90 valence electrons. The van der Waals surface area contributed by atoms with E-state index in [0.717, 1.165) is 10.2 Å². The number of thioether (sulfide) groups is 1. The zero-order valence-electron chi connectivity index (χ0n) is 9.56. The summed E-state index contributed by atoms with van der Waals surface area (Å²) in [6.45, 7) is 0. The fourth-order valence-electron chi connectivity index (χ4n) is 1.82. The minimum atomic E-state index is 0.916. The fraction of sp³-hybridized carbons (Fsp3) is 0.0714. The molecule has 0 spiro atoms. The molecule has 0 aliphatic rings. The first-order valence-corrected chi connectivity index (χ1v) is 7.39. The first-order chi connectivity index (χ1) is 8.81. The number of aromatic nitrogens is 2. The smallest absolute Gasteiger partial charge is 0.0735 e. The first-order valence-electron chi connectivity index (χ1n) is 5.61. The quantitative estimate of drug-likeness (QED) is 0.714. The van der Waals surface area contributed by atoms with Gasteiger partial charge in [0.05, 0.1) is 5.03 Å². The highest BCUT2D eigenvalue weighted by molar-refractivity contribution is 9.10. The van der Waals surface area contributed by atoms with Gasteiger partial charge in [-0.25, -0.2) is 0 Å². The second kappa shape index (κ2) is 5.16. The Hall–Kier alpha value is -1.26. The normalized spacial score (nSPS) is 10.9. The molecule has 0 radical (unpaired) electrons. The molecule has 4 heteroatoms. The molecular weight excluding hydrogens is 308 g/mol. The van der Waals surface area contributed by atoms with Crippen molar-refractivity contribution in [1.29, 1.82) is 0 Å². The molecule has 0 fully saturated rings. The fourth-order valence-corrected chi connectivity index (χ4v) is 3.11. The molecule has 3 rings (SSSR count). The van der Waals surface area contributed by atoms with Gasteiger partial charge in [0.15, 0.2) is 0 Å². The number of halogens is 1. The molecule has 0 saturated heterocycles. The molecule has 2 nitrogen and oxygen atoms in total. The van der Waals surface area contributed by atoms with Crippen molar-refractivity contribution >= 4 is 38.6 Å². The lowest BCUT2D eigenvalue weighted by Crippen LogP contribution is -1.82. The van der Waals surface area contributed by atoms with E-state index in [0.29, 0.717) is 0 Å². The standard InChI is InChI=1S/C14H11BrN2S/c15-12-5-10(7-16-8-12)9-18-14-6-11-3-1-2-4-13(11)17-14/h1-8,17H,9H2. The van der Waals surface area contributed by atoms with Gasteiger partial charge in [-0.1, -0.05) is 18.2 Å². The van der Waals surface area contributed by atoms with E-state index >= 15 is 0 Å². The van der Waals surface area contributed by atoms with Gasteiger partial charge >= 0.3 is 0 Å². The number of benzene rings is 1. The molecule has 2 aromatic heterocycles. The van der Waals surface area contributed by atoms with E-state index in [1.54, 1.807) is 18.0 Å². The predicted molar refractivity (Wildman–Crippen MR) is 79.8 cm³/mol. The predicted octanol–water partition coefficient (Wildman–Crippen LogP) is 4.62. The lowest BCUT2D eigenvalue weighted by Gasteiger charge is -1.99. The lowest BCUT2D eigenvalue weighted by atomic mass is 10.3. The third kappa shape index (κ3) is 2.60. The summed E-state index contributed by atoms with van der Waals surface area (Å²) in [5, 5.41) is 2.45. The summed E-state index contributed by atoms with van der Waals surface area (Å²) < 4.78 is 1.03. The van der Waals surface area contributed by atoms with Gasteiger partial charge in [-0.2, -0.15) is 0 Å². The molecule has 18 heavy (non-hydrogen) atoms. The van der Waals surface area contributed by atoms with E-state index in [1.807, 2.05) is 12.3 Å². The largest absolute Gasteiger partial charge is 0.350 e. The maximum Gasteiger partial charge on any atom is 0.0735 e. The van der Waals surface area contributed by atoms with Crippen LogP contribution < -0.4 is 0 Å². The molecule has 1 N–H and O–H groups in total. The van der Waals surface area contributed by atoms with Gasteiger partial charge in [0.2, 0.25) is 0 Å². The third-order valence-corrected chi connectivity index (χ3v) is 4.10. The monoisotopic (exact) mass is 318 g/mol. The molecule has 0 saturated carbocycles. The van der Waals surface area contributed by atoms with E-state index in [-0.39, 0.29) is 0 Å². The average molecular weight is 319 g/mol. The Morgan fingerprint density at radius 2 is 2.06 bits per heavy atom. The Labute approximate surface area is 118 Å². The topological polar surface area (TPSA) is 28.7 Å². The van der Waals surface area contributed by atoms with Crippen LogP contribution in [0.25, 0.3) is 10.9 Å². The molecular formula is C14H11BrN2S. The minimum Gasteiger partial charge on any atom is -0.350 e. The van der Waals surface area contributed by atoms with Gasteiger partial charge in [-0.05, 0) is 39.7 Å². The Kier molecular flexibility index (Phi) is 3.39. The van der Waals surface area contributed by atoms with Gasteiger partial charge in [0, 0.05) is 33.5 Å². The van der Waals surface area contributed by atoms with Crippen molar-refractivity contribution in [2.24, 2.45) is 0 Å². The number of rotatable bonds is 3. The Morgan fingerprint density at radius 3 is 2.89 bits per heavy atom. The van der Waals surface area contributed by atoms with Crippen LogP contribution in [0.5, 0.6) is 0 Å². The second-order valence-corrected chi connectivity index (χ2v) is 5.95. The Balaban J connectivity index is 1.76. The van der Waals surface area contributed by atoms with Gasteiger partial charge in [0.1, 0.15) is 0 Å². The van der Waals surface area contributed by atoms with Gasteiger partial charge < -0.3 is 4.98 Å². The summed E-state index contributed by atoms with van der Waals surface area (Å²) in [6.07, 6.45) is 3.71. The number of nitrogens with zero attached hydrogens (tertiary/aromatic N) is 1. The van der Waals surface area contributed by atoms with Crippen LogP contribution in [-0.4, -0.2) is 9.97 Å². The van der Waals surface area contributed by atoms with Crippen LogP contribution in [0.15, 0.2) is 58.3 Å². The second-order valence-electron chi connectivity index (χ2n) is 4.02. The zero-order valence-corrected chi connectivity index (χ0v) is 12.0. The molecule has 0 aliphatic heterocycles. The maximum absolute atomic E-state index is 4.17. The Morgan fingerprint density at radius 1 is 1.17 bits per heavy atom. The van der Waals surface area contributed by atoms with Crippen molar-refractivity contribution in [2.45, 2.75) is 10.8 Å². The number of pyridine rings is 1. The van der Waals surface area contributed by atoms with E-state index < -0.39 is 0 Å². The molecule has 0 bridgehead atoms. The van der Waals surface area contributed by atoms with Gasteiger partial charge in [0.25, 0.3) is 0 Å². The van der Waals surface area contributed by atoms with E-state index in [9.17, 15) is 0 Å². The molecule has 0 amide bonds. The molecule has 0 aliphatic carbocycles. The molecule has 1 aromatic carbocycles. The van der Waals surface area contributed by atoms with Crippen molar-refractivity contribution in [3.8, 4) is 0 Å². The van der Waals surface area contributed by atoms with Crippen LogP contribution in [-0.2, 0) is 5.75 Å². The number of aromatic amines is 1. The van der Waals surface area contributed by atoms with Crippen LogP contribution in [0.3, 0.4) is 0 Å². The number of para-hydroxylation sites is 1. The van der Waals surface area contributed by atoms with Crippen molar-refractivity contribution in [2.75, 3.05) is 0 Å². The van der Waals surface area contributed by atoms with Crippen molar-refractivity contribution in [1.82, 2.24) is 9.97 Å². The third-order valence-electron chi connectivity index (χ3n) is 2.66. The number of H-pyrrole nitrogens is 1.